The van der Waals surface area contributed by atoms with Crippen LogP contribution in [0.2, 0.25) is 0 Å². The van der Waals surface area contributed by atoms with E-state index in [1.807, 2.05) is 0 Å². The van der Waals surface area contributed by atoms with E-state index < -0.39 is 31.9 Å². The number of nitrogens with one attached hydrogen (secondary N) is 1. The van der Waals surface area contributed by atoms with Gasteiger partial charge in [-0.05, 0) is 32.0 Å². The number of anilines is 1. The van der Waals surface area contributed by atoms with Crippen molar-refractivity contribution >= 4 is 21.4 Å². The van der Waals surface area contributed by atoms with E-state index in [-0.39, 0.29) is 5.69 Å². The molecule has 0 unspecified atom stereocenters. The van der Waals surface area contributed by atoms with Gasteiger partial charge in [-0.15, -0.1) is 0 Å². The zero-order chi connectivity index (χ0) is 14.8. The lowest BCUT2D eigenvalue weighted by atomic mass is 10.1. The molecule has 1 aromatic rings. The molecule has 0 aliphatic carbocycles. The molecular weight excluding hydrogens is 278 g/mol. The lowest BCUT2D eigenvalue weighted by molar-refractivity contribution is -0.120. The SMILES string of the molecule is CC(C)(N)C(=O)Nc1cccc(S(=O)(=O)C(F)F)c1. The first-order valence-electron chi connectivity index (χ1n) is 5.27. The van der Waals surface area contributed by atoms with Gasteiger partial charge in [0.15, 0.2) is 0 Å². The lowest BCUT2D eigenvalue weighted by Crippen LogP contribution is -2.45. The number of rotatable bonds is 4. The largest absolute Gasteiger partial charge is 0.341 e. The molecule has 0 heterocycles. The molecule has 5 nitrogen and oxygen atoms in total. The molecule has 19 heavy (non-hydrogen) atoms. The summed E-state index contributed by atoms with van der Waals surface area (Å²) in [5.41, 5.74) is 4.47. The third-order valence-electron chi connectivity index (χ3n) is 2.24. The lowest BCUT2D eigenvalue weighted by Gasteiger charge is -2.18. The Hall–Kier alpha value is -1.54. The smallest absolute Gasteiger partial charge is 0.324 e. The van der Waals surface area contributed by atoms with Crippen LogP contribution in [0.15, 0.2) is 29.2 Å². The van der Waals surface area contributed by atoms with Gasteiger partial charge in [0, 0.05) is 5.69 Å². The molecule has 1 rings (SSSR count). The standard InChI is InChI=1S/C11H14F2N2O3S/c1-11(2,14)9(16)15-7-4-3-5-8(6-7)19(17,18)10(12)13/h3-6,10H,14H2,1-2H3,(H,15,16). The van der Waals surface area contributed by atoms with Crippen molar-refractivity contribution in [2.45, 2.75) is 30.0 Å². The predicted molar refractivity (Wildman–Crippen MR) is 66.5 cm³/mol. The number of amides is 1. The maximum Gasteiger partial charge on any atom is 0.341 e. The molecule has 0 bridgehead atoms. The highest BCUT2D eigenvalue weighted by Gasteiger charge is 2.27. The van der Waals surface area contributed by atoms with Crippen LogP contribution in [-0.2, 0) is 14.6 Å². The van der Waals surface area contributed by atoms with Crippen molar-refractivity contribution in [1.82, 2.24) is 0 Å². The second kappa shape index (κ2) is 5.22. The highest BCUT2D eigenvalue weighted by Crippen LogP contribution is 2.21. The van der Waals surface area contributed by atoms with Crippen LogP contribution < -0.4 is 11.1 Å². The van der Waals surface area contributed by atoms with Crippen molar-refractivity contribution < 1.29 is 22.0 Å². The van der Waals surface area contributed by atoms with E-state index in [1.165, 1.54) is 26.0 Å². The molecule has 0 radical (unpaired) electrons. The molecule has 0 aliphatic rings. The van der Waals surface area contributed by atoms with Crippen molar-refractivity contribution in [2.75, 3.05) is 5.32 Å². The van der Waals surface area contributed by atoms with E-state index in [4.69, 9.17) is 5.73 Å². The summed E-state index contributed by atoms with van der Waals surface area (Å²) in [6.07, 6.45) is 0. The molecule has 0 aliphatic heterocycles. The molecule has 0 atom stereocenters. The van der Waals surface area contributed by atoms with Gasteiger partial charge in [0.1, 0.15) is 0 Å². The molecule has 0 fully saturated rings. The maximum atomic E-state index is 12.4. The normalized spacial score (nSPS) is 12.5. The molecular formula is C11H14F2N2O3S. The Morgan fingerprint density at radius 3 is 2.42 bits per heavy atom. The predicted octanol–water partition coefficient (Wildman–Crippen LogP) is 1.36. The summed E-state index contributed by atoms with van der Waals surface area (Å²) >= 11 is 0. The van der Waals surface area contributed by atoms with Crippen LogP contribution in [0.3, 0.4) is 0 Å². The van der Waals surface area contributed by atoms with E-state index in [2.05, 4.69) is 5.32 Å². The third-order valence-corrected chi connectivity index (χ3v) is 3.62. The Morgan fingerprint density at radius 1 is 1.37 bits per heavy atom. The molecule has 1 amide bonds. The van der Waals surface area contributed by atoms with Crippen LogP contribution >= 0.6 is 0 Å². The number of alkyl halides is 2. The van der Waals surface area contributed by atoms with Crippen LogP contribution in [0.4, 0.5) is 14.5 Å². The van der Waals surface area contributed by atoms with Gasteiger partial charge in [0.05, 0.1) is 10.4 Å². The summed E-state index contributed by atoms with van der Waals surface area (Å²) in [5.74, 6) is -4.07. The Balaban J connectivity index is 3.06. The van der Waals surface area contributed by atoms with E-state index in [0.29, 0.717) is 0 Å². The average molecular weight is 292 g/mol. The summed E-state index contributed by atoms with van der Waals surface area (Å²) < 4.78 is 47.3. The zero-order valence-electron chi connectivity index (χ0n) is 10.4. The number of hydrogen-bond donors (Lipinski definition) is 2. The summed E-state index contributed by atoms with van der Waals surface area (Å²) in [6, 6.07) is 4.64. The minimum absolute atomic E-state index is 0.0882. The Morgan fingerprint density at radius 2 is 1.95 bits per heavy atom. The van der Waals surface area contributed by atoms with Crippen molar-refractivity contribution in [3.63, 3.8) is 0 Å². The van der Waals surface area contributed by atoms with Gasteiger partial charge < -0.3 is 11.1 Å². The van der Waals surface area contributed by atoms with Crippen LogP contribution in [0.5, 0.6) is 0 Å². The summed E-state index contributed by atoms with van der Waals surface area (Å²) in [5, 5.41) is 2.36. The van der Waals surface area contributed by atoms with Crippen LogP contribution in [0.25, 0.3) is 0 Å². The fourth-order valence-electron chi connectivity index (χ4n) is 1.15. The monoisotopic (exact) mass is 292 g/mol. The fourth-order valence-corrected chi connectivity index (χ4v) is 1.91. The summed E-state index contributed by atoms with van der Waals surface area (Å²) in [4.78, 5) is 11.0. The Labute approximate surface area is 109 Å². The average Bonchev–Trinajstić information content (AvgIpc) is 2.27. The first kappa shape index (κ1) is 15.5. The van der Waals surface area contributed by atoms with E-state index in [0.717, 1.165) is 12.1 Å². The maximum absolute atomic E-state index is 12.4. The van der Waals surface area contributed by atoms with Gasteiger partial charge in [0.2, 0.25) is 15.7 Å². The van der Waals surface area contributed by atoms with E-state index in [1.54, 1.807) is 0 Å². The molecule has 0 spiro atoms. The second-order valence-electron chi connectivity index (χ2n) is 4.51. The van der Waals surface area contributed by atoms with Gasteiger partial charge in [0.25, 0.3) is 0 Å². The molecule has 1 aromatic carbocycles. The number of carbonyl (C=O) groups excluding carboxylic acids is 1. The van der Waals surface area contributed by atoms with E-state index in [9.17, 15) is 22.0 Å². The first-order valence-corrected chi connectivity index (χ1v) is 6.82. The molecule has 0 saturated heterocycles. The van der Waals surface area contributed by atoms with Gasteiger partial charge in [-0.1, -0.05) is 6.07 Å². The van der Waals surface area contributed by atoms with Gasteiger partial charge in [-0.3, -0.25) is 4.79 Å². The van der Waals surface area contributed by atoms with Crippen molar-refractivity contribution in [2.24, 2.45) is 5.73 Å². The third kappa shape index (κ3) is 3.71. The number of benzene rings is 1. The molecule has 106 valence electrons. The molecule has 0 saturated carbocycles. The van der Waals surface area contributed by atoms with Crippen molar-refractivity contribution in [3.05, 3.63) is 24.3 Å². The van der Waals surface area contributed by atoms with Gasteiger partial charge >= 0.3 is 5.76 Å². The quantitative estimate of drug-likeness (QED) is 0.877. The first-order chi connectivity index (χ1) is 8.55. The van der Waals surface area contributed by atoms with Crippen LogP contribution in [0.1, 0.15) is 13.8 Å². The fraction of sp³-hybridized carbons (Fsp3) is 0.364. The number of sulfone groups is 1. The Kier molecular flexibility index (Phi) is 4.26. The zero-order valence-corrected chi connectivity index (χ0v) is 11.2. The summed E-state index contributed by atoms with van der Waals surface area (Å²) in [6.45, 7) is 2.92. The molecule has 0 aromatic heterocycles. The van der Waals surface area contributed by atoms with Gasteiger partial charge in [-0.2, -0.15) is 8.78 Å². The number of halogens is 2. The minimum Gasteiger partial charge on any atom is -0.324 e. The highest BCUT2D eigenvalue weighted by molar-refractivity contribution is 7.91. The number of hydrogen-bond acceptors (Lipinski definition) is 4. The number of nitrogens with two attached hydrogens (primary N) is 1. The highest BCUT2D eigenvalue weighted by atomic mass is 32.2. The van der Waals surface area contributed by atoms with Crippen LogP contribution in [-0.4, -0.2) is 25.6 Å². The Bertz CT molecular complexity index is 580. The van der Waals surface area contributed by atoms with Crippen molar-refractivity contribution in [3.8, 4) is 0 Å². The molecule has 3 N–H and O–H groups in total. The topological polar surface area (TPSA) is 89.3 Å². The number of carbonyl (C=O) groups is 1. The minimum atomic E-state index is -4.69. The van der Waals surface area contributed by atoms with Crippen LogP contribution in [0, 0.1) is 0 Å². The van der Waals surface area contributed by atoms with Crippen molar-refractivity contribution in [1.29, 1.82) is 0 Å². The second-order valence-corrected chi connectivity index (χ2v) is 6.43. The summed E-state index contributed by atoms with van der Waals surface area (Å²) in [7, 11) is -4.69. The van der Waals surface area contributed by atoms with E-state index >= 15 is 0 Å². The van der Waals surface area contributed by atoms with Gasteiger partial charge in [-0.25, -0.2) is 8.42 Å². The molecule has 8 heteroatoms.